The van der Waals surface area contributed by atoms with Crippen LogP contribution in [0.1, 0.15) is 0 Å². The predicted molar refractivity (Wildman–Crippen MR) is 47.9 cm³/mol. The molecule has 0 radical (unpaired) electrons. The molecule has 1 atom stereocenters. The first-order valence-electron chi connectivity index (χ1n) is 3.00. The highest BCUT2D eigenvalue weighted by atomic mass is 79.9. The van der Waals surface area contributed by atoms with Gasteiger partial charge in [0, 0.05) is 0 Å². The fourth-order valence-corrected chi connectivity index (χ4v) is 2.75. The van der Waals surface area contributed by atoms with E-state index in [9.17, 15) is 17.4 Å². The minimum atomic E-state index is -2.35. The van der Waals surface area contributed by atoms with Crippen molar-refractivity contribution in [3.8, 4) is 5.75 Å². The number of phenols is 1. The smallest absolute Gasteiger partial charge is 0.204 e. The Morgan fingerprint density at radius 2 is 1.71 bits per heavy atom. The Kier molecular flexibility index (Phi) is 3.44. The van der Waals surface area contributed by atoms with Crippen LogP contribution in [0.4, 0.5) is 13.2 Å². The molecule has 14 heavy (non-hydrogen) atoms. The van der Waals surface area contributed by atoms with E-state index in [2.05, 4.69) is 15.9 Å². The normalized spacial score (nSPS) is 12.9. The van der Waals surface area contributed by atoms with Crippen molar-refractivity contribution in [3.05, 3.63) is 21.9 Å². The summed E-state index contributed by atoms with van der Waals surface area (Å²) >= 11 is 2.50. The van der Waals surface area contributed by atoms with Crippen molar-refractivity contribution >= 4 is 36.6 Å². The summed E-state index contributed by atoms with van der Waals surface area (Å²) in [6.45, 7) is 0. The van der Waals surface area contributed by atoms with Gasteiger partial charge in [-0.1, -0.05) is 0 Å². The van der Waals surface area contributed by atoms with E-state index in [1.807, 2.05) is 0 Å². The summed E-state index contributed by atoms with van der Waals surface area (Å²) < 4.78 is 48.2. The third-order valence-electron chi connectivity index (χ3n) is 1.36. The quantitative estimate of drug-likeness (QED) is 0.492. The van der Waals surface area contributed by atoms with Gasteiger partial charge in [0.05, 0.1) is 4.47 Å². The molecule has 0 saturated heterocycles. The first-order chi connectivity index (χ1) is 6.37. The standard InChI is InChI=1S/C6HBrClF3O2S/c7-1-2(9)3(10)4(11)5(12)6(1)14(8)13/h12H. The number of aromatic hydroxyl groups is 1. The van der Waals surface area contributed by atoms with E-state index in [1.165, 1.54) is 0 Å². The summed E-state index contributed by atoms with van der Waals surface area (Å²) in [5, 5.41) is 8.96. The molecule has 1 aromatic carbocycles. The first kappa shape index (κ1) is 11.8. The molecule has 1 unspecified atom stereocenters. The molecule has 78 valence electrons. The zero-order valence-corrected chi connectivity index (χ0v) is 9.31. The van der Waals surface area contributed by atoms with E-state index in [-0.39, 0.29) is 0 Å². The van der Waals surface area contributed by atoms with Crippen LogP contribution in [0.3, 0.4) is 0 Å². The lowest BCUT2D eigenvalue weighted by Gasteiger charge is -2.06. The van der Waals surface area contributed by atoms with Gasteiger partial charge in [-0.3, -0.25) is 0 Å². The van der Waals surface area contributed by atoms with Crippen LogP contribution in [0.25, 0.3) is 0 Å². The molecule has 0 aliphatic rings. The largest absolute Gasteiger partial charge is 0.504 e. The van der Waals surface area contributed by atoms with Crippen LogP contribution in [-0.4, -0.2) is 9.32 Å². The zero-order valence-electron chi connectivity index (χ0n) is 6.15. The third kappa shape index (κ3) is 1.76. The molecule has 0 spiro atoms. The Balaban J connectivity index is 3.68. The Hall–Kier alpha value is -0.270. The van der Waals surface area contributed by atoms with Crippen LogP contribution in [-0.2, 0) is 10.0 Å². The molecular formula is C6HBrClF3O2S. The topological polar surface area (TPSA) is 37.3 Å². The van der Waals surface area contributed by atoms with Crippen molar-refractivity contribution in [3.63, 3.8) is 0 Å². The van der Waals surface area contributed by atoms with Crippen molar-refractivity contribution in [1.29, 1.82) is 0 Å². The Labute approximate surface area is 91.8 Å². The van der Waals surface area contributed by atoms with E-state index in [1.54, 1.807) is 0 Å². The molecule has 0 bridgehead atoms. The van der Waals surface area contributed by atoms with Crippen molar-refractivity contribution in [2.75, 3.05) is 0 Å². The molecule has 0 aromatic heterocycles. The number of rotatable bonds is 1. The second-order valence-corrected chi connectivity index (χ2v) is 4.65. The molecule has 1 N–H and O–H groups in total. The van der Waals surface area contributed by atoms with Crippen molar-refractivity contribution in [2.24, 2.45) is 0 Å². The van der Waals surface area contributed by atoms with Crippen LogP contribution in [0.5, 0.6) is 5.75 Å². The summed E-state index contributed by atoms with van der Waals surface area (Å²) in [5.41, 5.74) is 0. The molecule has 0 heterocycles. The molecule has 0 aliphatic carbocycles. The lowest BCUT2D eigenvalue weighted by molar-refractivity contribution is 0.373. The van der Waals surface area contributed by atoms with Gasteiger partial charge in [0.1, 0.15) is 4.90 Å². The highest BCUT2D eigenvalue weighted by molar-refractivity contribution is 9.10. The van der Waals surface area contributed by atoms with Crippen molar-refractivity contribution in [1.82, 2.24) is 0 Å². The van der Waals surface area contributed by atoms with E-state index in [0.29, 0.717) is 0 Å². The SMILES string of the molecule is O=S(Cl)c1c(O)c(F)c(F)c(F)c1Br. The van der Waals surface area contributed by atoms with Crippen LogP contribution < -0.4 is 0 Å². The Morgan fingerprint density at radius 3 is 2.14 bits per heavy atom. The van der Waals surface area contributed by atoms with Gasteiger partial charge in [-0.05, 0) is 26.6 Å². The van der Waals surface area contributed by atoms with Crippen molar-refractivity contribution < 1.29 is 22.5 Å². The maximum atomic E-state index is 12.8. The van der Waals surface area contributed by atoms with Gasteiger partial charge in [-0.25, -0.2) is 13.0 Å². The summed E-state index contributed by atoms with van der Waals surface area (Å²) in [4.78, 5) is -0.733. The van der Waals surface area contributed by atoms with Gasteiger partial charge >= 0.3 is 0 Å². The zero-order chi connectivity index (χ0) is 11.0. The molecule has 0 aliphatic heterocycles. The minimum Gasteiger partial charge on any atom is -0.504 e. The average Bonchev–Trinajstić information content (AvgIpc) is 2.11. The summed E-state index contributed by atoms with van der Waals surface area (Å²) in [7, 11) is 2.68. The summed E-state index contributed by atoms with van der Waals surface area (Å²) in [6, 6.07) is 0. The number of halogens is 5. The minimum absolute atomic E-state index is 0.665. The Bertz CT molecular complexity index is 397. The second-order valence-electron chi connectivity index (χ2n) is 2.16. The van der Waals surface area contributed by atoms with E-state index < -0.39 is 42.6 Å². The lowest BCUT2D eigenvalue weighted by atomic mass is 10.3. The number of benzene rings is 1. The number of hydrogen-bond acceptors (Lipinski definition) is 2. The maximum absolute atomic E-state index is 12.8. The van der Waals surface area contributed by atoms with E-state index in [0.717, 1.165) is 0 Å². The number of hydrogen-bond donors (Lipinski definition) is 1. The summed E-state index contributed by atoms with van der Waals surface area (Å²) in [6.07, 6.45) is 0. The second kappa shape index (κ2) is 4.08. The highest BCUT2D eigenvalue weighted by Crippen LogP contribution is 2.37. The lowest BCUT2D eigenvalue weighted by Crippen LogP contribution is -1.98. The fraction of sp³-hybridized carbons (Fsp3) is 0. The van der Waals surface area contributed by atoms with Crippen LogP contribution in [0, 0.1) is 17.5 Å². The highest BCUT2D eigenvalue weighted by Gasteiger charge is 2.26. The fourth-order valence-electron chi connectivity index (χ4n) is 0.746. The maximum Gasteiger partial charge on any atom is 0.204 e. The molecule has 2 nitrogen and oxygen atoms in total. The van der Waals surface area contributed by atoms with Gasteiger partial charge in [0.25, 0.3) is 0 Å². The number of phenolic OH excluding ortho intramolecular Hbond substituents is 1. The average molecular weight is 309 g/mol. The molecule has 0 amide bonds. The van der Waals surface area contributed by atoms with Crippen LogP contribution in [0.2, 0.25) is 0 Å². The van der Waals surface area contributed by atoms with Gasteiger partial charge in [0.15, 0.2) is 27.4 Å². The van der Waals surface area contributed by atoms with Crippen molar-refractivity contribution in [2.45, 2.75) is 4.90 Å². The van der Waals surface area contributed by atoms with Crippen LogP contribution >= 0.6 is 26.6 Å². The molecule has 1 aromatic rings. The molecule has 8 heteroatoms. The monoisotopic (exact) mass is 308 g/mol. The molecule has 0 fully saturated rings. The van der Waals surface area contributed by atoms with Gasteiger partial charge in [0.2, 0.25) is 5.82 Å². The predicted octanol–water partition coefficient (Wildman–Crippen LogP) is 2.83. The summed E-state index contributed by atoms with van der Waals surface area (Å²) in [5.74, 6) is -6.55. The van der Waals surface area contributed by atoms with Gasteiger partial charge in [-0.15, -0.1) is 0 Å². The first-order valence-corrected chi connectivity index (χ1v) is 5.77. The molecule has 1 rings (SSSR count). The third-order valence-corrected chi connectivity index (χ3v) is 3.55. The van der Waals surface area contributed by atoms with E-state index >= 15 is 0 Å². The van der Waals surface area contributed by atoms with Gasteiger partial charge < -0.3 is 5.11 Å². The molecule has 0 saturated carbocycles. The van der Waals surface area contributed by atoms with Crippen LogP contribution in [0.15, 0.2) is 9.37 Å². The van der Waals surface area contributed by atoms with Gasteiger partial charge in [-0.2, -0.15) is 4.39 Å². The van der Waals surface area contributed by atoms with E-state index in [4.69, 9.17) is 15.8 Å². The Morgan fingerprint density at radius 1 is 1.21 bits per heavy atom. The molecular weight excluding hydrogens is 308 g/mol.